The molecule has 1 rings (SSSR count). The third kappa shape index (κ3) is 4.10. The van der Waals surface area contributed by atoms with Gasteiger partial charge < -0.3 is 4.74 Å². The van der Waals surface area contributed by atoms with Crippen molar-refractivity contribution >= 4 is 11.9 Å². The largest absolute Gasteiger partial charge is 0.459 e. The Bertz CT molecular complexity index is 364. The van der Waals surface area contributed by atoms with E-state index in [1.54, 1.807) is 0 Å². The molecular weight excluding hydrogens is 210 g/mol. The van der Waals surface area contributed by atoms with Gasteiger partial charge in [-0.15, -0.1) is 0 Å². The van der Waals surface area contributed by atoms with Crippen LogP contribution in [0.15, 0.2) is 30.3 Å². The van der Waals surface area contributed by atoms with E-state index >= 15 is 0 Å². The fraction of sp³-hybridized carbons (Fsp3) is 0.273. The summed E-state index contributed by atoms with van der Waals surface area (Å²) in [5, 5.41) is 9.29. The van der Waals surface area contributed by atoms with Gasteiger partial charge in [-0.1, -0.05) is 30.3 Å². The molecule has 0 unspecified atom stereocenters. The summed E-state index contributed by atoms with van der Waals surface area (Å²) in [6.07, 6.45) is 0. The average molecular weight is 223 g/mol. The molecule has 0 aliphatic carbocycles. The topological polar surface area (TPSA) is 66.8 Å². The molecule has 0 heterocycles. The lowest BCUT2D eigenvalue weighted by atomic mass is 10.2. The van der Waals surface area contributed by atoms with Crippen molar-refractivity contribution in [1.82, 2.24) is 5.06 Å². The summed E-state index contributed by atoms with van der Waals surface area (Å²) in [6, 6.07) is 9.15. The van der Waals surface area contributed by atoms with E-state index in [1.807, 2.05) is 30.3 Å². The van der Waals surface area contributed by atoms with Crippen LogP contribution in [0.25, 0.3) is 0 Å². The average Bonchev–Trinajstić information content (AvgIpc) is 2.27. The second-order valence-electron chi connectivity index (χ2n) is 3.22. The minimum atomic E-state index is -0.651. The number of amides is 1. The van der Waals surface area contributed by atoms with Gasteiger partial charge >= 0.3 is 5.97 Å². The molecule has 0 aliphatic rings. The Hall–Kier alpha value is -1.88. The van der Waals surface area contributed by atoms with Crippen molar-refractivity contribution < 1.29 is 19.5 Å². The van der Waals surface area contributed by atoms with Gasteiger partial charge in [-0.2, -0.15) is 0 Å². The maximum absolute atomic E-state index is 11.2. The molecule has 16 heavy (non-hydrogen) atoms. The molecule has 5 nitrogen and oxygen atoms in total. The monoisotopic (exact) mass is 223 g/mol. The summed E-state index contributed by atoms with van der Waals surface area (Å²) in [7, 11) is 0. The summed E-state index contributed by atoms with van der Waals surface area (Å²) in [6.45, 7) is 0.831. The number of ether oxygens (including phenoxy) is 1. The zero-order valence-electron chi connectivity index (χ0n) is 8.92. The first-order valence-electron chi connectivity index (χ1n) is 4.76. The van der Waals surface area contributed by atoms with Crippen molar-refractivity contribution in [2.75, 3.05) is 6.54 Å². The van der Waals surface area contributed by atoms with Crippen LogP contribution in [0, 0.1) is 0 Å². The van der Waals surface area contributed by atoms with E-state index in [4.69, 9.17) is 9.94 Å². The fourth-order valence-electron chi connectivity index (χ4n) is 1.02. The van der Waals surface area contributed by atoms with Crippen molar-refractivity contribution in [3.8, 4) is 0 Å². The molecule has 1 aromatic carbocycles. The van der Waals surface area contributed by atoms with Gasteiger partial charge in [0.15, 0.2) is 0 Å². The minimum Gasteiger partial charge on any atom is -0.459 e. The molecule has 0 atom stereocenters. The van der Waals surface area contributed by atoms with Gasteiger partial charge in [-0.05, 0) is 5.56 Å². The van der Waals surface area contributed by atoms with Gasteiger partial charge in [0.1, 0.15) is 13.2 Å². The van der Waals surface area contributed by atoms with E-state index < -0.39 is 18.4 Å². The number of carbonyl (C=O) groups excluding carboxylic acids is 2. The van der Waals surface area contributed by atoms with E-state index in [0.29, 0.717) is 5.06 Å². The number of carbonyl (C=O) groups is 2. The zero-order valence-corrected chi connectivity index (χ0v) is 8.92. The Morgan fingerprint density at radius 2 is 1.94 bits per heavy atom. The Kier molecular flexibility index (Phi) is 4.47. The van der Waals surface area contributed by atoms with Crippen LogP contribution in [0.1, 0.15) is 12.5 Å². The highest BCUT2D eigenvalue weighted by molar-refractivity contribution is 5.79. The summed E-state index contributed by atoms with van der Waals surface area (Å²) in [5.74, 6) is -1.25. The summed E-state index contributed by atoms with van der Waals surface area (Å²) < 4.78 is 4.86. The molecular formula is C11H13NO4. The number of benzene rings is 1. The van der Waals surface area contributed by atoms with Gasteiger partial charge in [0.2, 0.25) is 5.91 Å². The van der Waals surface area contributed by atoms with Crippen LogP contribution in [0.5, 0.6) is 0 Å². The highest BCUT2D eigenvalue weighted by Crippen LogP contribution is 2.00. The maximum atomic E-state index is 11.2. The van der Waals surface area contributed by atoms with Crippen molar-refractivity contribution in [3.63, 3.8) is 0 Å². The Labute approximate surface area is 93.2 Å². The fourth-order valence-corrected chi connectivity index (χ4v) is 1.02. The molecule has 0 spiro atoms. The van der Waals surface area contributed by atoms with E-state index in [-0.39, 0.29) is 6.61 Å². The third-order valence-electron chi connectivity index (χ3n) is 1.89. The van der Waals surface area contributed by atoms with Gasteiger partial charge in [-0.3, -0.25) is 14.8 Å². The van der Waals surface area contributed by atoms with Gasteiger partial charge in [0, 0.05) is 6.92 Å². The van der Waals surface area contributed by atoms with E-state index in [1.165, 1.54) is 0 Å². The predicted molar refractivity (Wildman–Crippen MR) is 55.4 cm³/mol. The number of hydrogen-bond donors (Lipinski definition) is 1. The number of hydrogen-bond acceptors (Lipinski definition) is 4. The molecule has 0 bridgehead atoms. The Balaban J connectivity index is 2.33. The number of rotatable bonds is 4. The summed E-state index contributed by atoms with van der Waals surface area (Å²) in [4.78, 5) is 21.8. The molecule has 0 fully saturated rings. The lowest BCUT2D eigenvalue weighted by Crippen LogP contribution is -2.31. The molecule has 0 radical (unpaired) electrons. The predicted octanol–water partition coefficient (Wildman–Crippen LogP) is 0.967. The van der Waals surface area contributed by atoms with E-state index in [2.05, 4.69) is 0 Å². The highest BCUT2D eigenvalue weighted by Gasteiger charge is 2.11. The first-order valence-corrected chi connectivity index (χ1v) is 4.76. The minimum absolute atomic E-state index is 0.130. The molecule has 0 aliphatic heterocycles. The number of esters is 1. The van der Waals surface area contributed by atoms with Gasteiger partial charge in [0.25, 0.3) is 0 Å². The first-order chi connectivity index (χ1) is 7.59. The third-order valence-corrected chi connectivity index (χ3v) is 1.89. The molecule has 0 saturated carbocycles. The van der Waals surface area contributed by atoms with Crippen LogP contribution in [0.3, 0.4) is 0 Å². The molecule has 5 heteroatoms. The van der Waals surface area contributed by atoms with Crippen LogP contribution in [0.4, 0.5) is 0 Å². The standard InChI is InChI=1S/C11H13NO4/c1-9(13)12(15)7-11(14)16-8-10-5-3-2-4-6-10/h2-6,15H,7-8H2,1H3. The molecule has 1 N–H and O–H groups in total. The normalized spacial score (nSPS) is 9.62. The number of hydroxylamine groups is 2. The second-order valence-corrected chi connectivity index (χ2v) is 3.22. The lowest BCUT2D eigenvalue weighted by molar-refractivity contribution is -0.174. The van der Waals surface area contributed by atoms with E-state index in [0.717, 1.165) is 12.5 Å². The number of nitrogens with zero attached hydrogens (tertiary/aromatic N) is 1. The van der Waals surface area contributed by atoms with Crippen molar-refractivity contribution in [3.05, 3.63) is 35.9 Å². The van der Waals surface area contributed by atoms with Crippen LogP contribution in [0.2, 0.25) is 0 Å². The molecule has 1 aromatic rings. The molecule has 1 amide bonds. The van der Waals surface area contributed by atoms with Gasteiger partial charge in [-0.25, -0.2) is 5.06 Å². The van der Waals surface area contributed by atoms with Crippen LogP contribution in [-0.4, -0.2) is 28.7 Å². The summed E-state index contributed by atoms with van der Waals surface area (Å²) in [5.41, 5.74) is 0.850. The summed E-state index contributed by atoms with van der Waals surface area (Å²) >= 11 is 0. The van der Waals surface area contributed by atoms with E-state index in [9.17, 15) is 9.59 Å². The maximum Gasteiger partial charge on any atom is 0.328 e. The van der Waals surface area contributed by atoms with Crippen molar-refractivity contribution in [2.24, 2.45) is 0 Å². The second kappa shape index (κ2) is 5.87. The van der Waals surface area contributed by atoms with Crippen LogP contribution in [-0.2, 0) is 20.9 Å². The van der Waals surface area contributed by atoms with Crippen molar-refractivity contribution in [2.45, 2.75) is 13.5 Å². The zero-order chi connectivity index (χ0) is 12.0. The Morgan fingerprint density at radius 1 is 1.31 bits per heavy atom. The lowest BCUT2D eigenvalue weighted by Gasteiger charge is -2.11. The smallest absolute Gasteiger partial charge is 0.328 e. The van der Waals surface area contributed by atoms with Crippen LogP contribution >= 0.6 is 0 Å². The highest BCUT2D eigenvalue weighted by atomic mass is 16.6. The van der Waals surface area contributed by atoms with Gasteiger partial charge in [0.05, 0.1) is 0 Å². The first kappa shape index (κ1) is 12.2. The Morgan fingerprint density at radius 3 is 2.50 bits per heavy atom. The molecule has 86 valence electrons. The van der Waals surface area contributed by atoms with Crippen molar-refractivity contribution in [1.29, 1.82) is 0 Å². The molecule has 0 saturated heterocycles. The quantitative estimate of drug-likeness (QED) is 0.469. The van der Waals surface area contributed by atoms with Crippen LogP contribution < -0.4 is 0 Å². The SMILES string of the molecule is CC(=O)N(O)CC(=O)OCc1ccccc1. The molecule has 0 aromatic heterocycles.